The molecule has 6 aliphatic rings. The average Bonchev–Trinajstić information content (AvgIpc) is 0.784. The highest BCUT2D eigenvalue weighted by Crippen LogP contribution is 2.59. The van der Waals surface area contributed by atoms with E-state index < -0.39 is 76.2 Å². The lowest BCUT2D eigenvalue weighted by Crippen LogP contribution is -2.62. The summed E-state index contributed by atoms with van der Waals surface area (Å²) in [5.74, 6) is 0. The molecule has 4 heterocycles. The molecule has 1 N–H and O–H groups in total. The molecule has 2 saturated carbocycles. The fraction of sp³-hybridized carbons (Fsp3) is 0.488. The van der Waals surface area contributed by atoms with Crippen LogP contribution in [0.1, 0.15) is 125 Å². The molecule has 7 aromatic carbocycles. The van der Waals surface area contributed by atoms with Crippen molar-refractivity contribution in [3.05, 3.63) is 246 Å². The van der Waals surface area contributed by atoms with Crippen molar-refractivity contribution in [2.75, 3.05) is 39.6 Å². The van der Waals surface area contributed by atoms with Crippen LogP contribution in [0.2, 0.25) is 0 Å². The van der Waals surface area contributed by atoms with Crippen LogP contribution in [0.25, 0.3) is 0 Å². The zero-order valence-corrected chi connectivity index (χ0v) is 62.5. The summed E-state index contributed by atoms with van der Waals surface area (Å²) in [6, 6.07) is 69.6. The van der Waals surface area contributed by atoms with Crippen LogP contribution < -0.4 is 0 Å². The smallest absolute Gasteiger partial charge is 0.393 e. The number of phosphoric ester groups is 2. The van der Waals surface area contributed by atoms with E-state index in [2.05, 4.69) is 0 Å². The number of aliphatic hydroxyl groups is 1. The van der Waals surface area contributed by atoms with Gasteiger partial charge >= 0.3 is 15.6 Å². The molecule has 0 radical (unpaired) electrons. The third-order valence-corrected chi connectivity index (χ3v) is 22.5. The summed E-state index contributed by atoms with van der Waals surface area (Å²) >= 11 is 1.46. The summed E-state index contributed by atoms with van der Waals surface area (Å²) in [4.78, 5) is 0.954. The van der Waals surface area contributed by atoms with Gasteiger partial charge in [0.05, 0.1) is 91.5 Å². The lowest BCUT2D eigenvalue weighted by Gasteiger charge is -2.47. The van der Waals surface area contributed by atoms with Crippen LogP contribution in [0, 0.1) is 10.8 Å². The van der Waals surface area contributed by atoms with Gasteiger partial charge in [0.1, 0.15) is 54.3 Å². The standard InChI is InChI=1S/C38H49O9P.C38H43O8PS.C6H12O/c1-38(2)27-43-48(39,44-28-38)47-36-35(42-25-31-19-11-5-12-20-31)34(41-24-30-17-9-4-10-18-30)33(26-40-23-29-15-7-3-8-16-29)46-37(36)45-32-21-13-6-14-22-32;1-38(2)27-43-47(39,44-28-38)46-36-35(42-25-31-19-11-5-12-20-31)34(41-24-30-17-9-4-10-18-30)33(26-40-23-29-15-7-3-8-16-29)45-37(36)48-32-21-13-6-14-22-32;7-6-4-2-1-3-5-6/h3-5,7-12,15-20,32-37H,6,13-14,21-28H2,1-2H3;3-22,33-37H,23-28H2,1-2H3;6-7H,1-5H2. The van der Waals surface area contributed by atoms with Crippen LogP contribution in [-0.2, 0) is 119 Å². The normalized spacial score (nSPS) is 26.1. The van der Waals surface area contributed by atoms with Gasteiger partial charge in [0.25, 0.3) is 0 Å². The maximum absolute atomic E-state index is 14.1. The van der Waals surface area contributed by atoms with Crippen LogP contribution in [0.5, 0.6) is 0 Å². The second kappa shape index (κ2) is 40.1. The van der Waals surface area contributed by atoms with Crippen molar-refractivity contribution < 1.29 is 84.0 Å². The number of phosphoric acid groups is 2. The van der Waals surface area contributed by atoms with Crippen LogP contribution in [0.3, 0.4) is 0 Å². The fourth-order valence-electron chi connectivity index (χ4n) is 12.7. The van der Waals surface area contributed by atoms with Gasteiger partial charge in [0, 0.05) is 15.7 Å². The summed E-state index contributed by atoms with van der Waals surface area (Å²) in [7, 11) is -7.98. The maximum atomic E-state index is 14.1. The number of hydrogen-bond acceptors (Lipinski definition) is 19. The third kappa shape index (κ3) is 25.4. The second-order valence-corrected chi connectivity index (χ2v) is 33.1. The first-order valence-electron chi connectivity index (χ1n) is 36.5. The Morgan fingerprint density at radius 2 is 0.709 bits per heavy atom. The quantitative estimate of drug-likeness (QED) is 0.0455. The van der Waals surface area contributed by atoms with Gasteiger partial charge in [-0.2, -0.15) is 0 Å². The first-order valence-corrected chi connectivity index (χ1v) is 40.3. The minimum atomic E-state index is -4.00. The Morgan fingerprint density at radius 3 is 1.08 bits per heavy atom. The third-order valence-electron chi connectivity index (χ3n) is 18.5. The van der Waals surface area contributed by atoms with Crippen LogP contribution >= 0.6 is 27.4 Å². The van der Waals surface area contributed by atoms with E-state index in [0.29, 0.717) is 26.4 Å². The Balaban J connectivity index is 0.000000188. The predicted molar refractivity (Wildman–Crippen MR) is 395 cm³/mol. The number of hydrogen-bond donors (Lipinski definition) is 1. The van der Waals surface area contributed by atoms with Gasteiger partial charge in [-0.25, -0.2) is 9.13 Å². The molecule has 18 nitrogen and oxygen atoms in total. The van der Waals surface area contributed by atoms with Gasteiger partial charge in [-0.15, -0.1) is 0 Å². The highest BCUT2D eigenvalue weighted by Gasteiger charge is 2.55. The monoisotopic (exact) mass is 1470 g/mol. The van der Waals surface area contributed by atoms with Crippen molar-refractivity contribution in [3.8, 4) is 0 Å². The van der Waals surface area contributed by atoms with Gasteiger partial charge in [-0.05, 0) is 71.2 Å². The Bertz CT molecular complexity index is 3570. The van der Waals surface area contributed by atoms with Crippen molar-refractivity contribution in [2.24, 2.45) is 10.8 Å². The largest absolute Gasteiger partial charge is 0.475 e. The Hall–Kier alpha value is -5.29. The van der Waals surface area contributed by atoms with E-state index in [1.54, 1.807) is 0 Å². The molecule has 0 amide bonds. The van der Waals surface area contributed by atoms with Crippen molar-refractivity contribution in [1.29, 1.82) is 0 Å². The Morgan fingerprint density at radius 1 is 0.388 bits per heavy atom. The molecule has 556 valence electrons. The van der Waals surface area contributed by atoms with Gasteiger partial charge in [-0.3, -0.25) is 27.1 Å². The molecule has 4 aliphatic heterocycles. The summed E-state index contributed by atoms with van der Waals surface area (Å²) in [6.45, 7) is 11.3. The fourth-order valence-corrected chi connectivity index (χ4v) is 17.4. The Kier molecular flexibility index (Phi) is 30.6. The van der Waals surface area contributed by atoms with E-state index in [9.17, 15) is 9.13 Å². The van der Waals surface area contributed by atoms with Gasteiger partial charge in [-0.1, -0.05) is 278 Å². The maximum Gasteiger partial charge on any atom is 0.475 e. The molecule has 103 heavy (non-hydrogen) atoms. The minimum Gasteiger partial charge on any atom is -0.393 e. The first-order chi connectivity index (χ1) is 50.1. The van der Waals surface area contributed by atoms with Crippen molar-refractivity contribution in [3.63, 3.8) is 0 Å². The van der Waals surface area contributed by atoms with E-state index in [1.165, 1.54) is 37.4 Å². The summed E-state index contributed by atoms with van der Waals surface area (Å²) in [5, 5.41) is 8.91. The van der Waals surface area contributed by atoms with Gasteiger partial charge < -0.3 is 47.7 Å². The first kappa shape index (κ1) is 78.8. The summed E-state index contributed by atoms with van der Waals surface area (Å²) < 4.78 is 124. The predicted octanol–water partition coefficient (Wildman–Crippen LogP) is 17.8. The van der Waals surface area contributed by atoms with Crippen molar-refractivity contribution in [2.45, 2.75) is 209 Å². The van der Waals surface area contributed by atoms with Crippen molar-refractivity contribution in [1.82, 2.24) is 0 Å². The highest BCUT2D eigenvalue weighted by molar-refractivity contribution is 7.99. The minimum absolute atomic E-state index is 0.0359. The molecule has 10 atom stereocenters. The highest BCUT2D eigenvalue weighted by atomic mass is 32.2. The van der Waals surface area contributed by atoms with Crippen LogP contribution in [-0.4, -0.2) is 118 Å². The zero-order valence-electron chi connectivity index (χ0n) is 59.9. The van der Waals surface area contributed by atoms with E-state index >= 15 is 0 Å². The van der Waals surface area contributed by atoms with E-state index in [-0.39, 0.29) is 75.9 Å². The molecule has 0 bridgehead atoms. The molecule has 7 aromatic rings. The molecular weight excluding hydrogens is 1370 g/mol. The zero-order chi connectivity index (χ0) is 71.6. The van der Waals surface area contributed by atoms with E-state index in [0.717, 1.165) is 76.8 Å². The molecule has 10 unspecified atom stereocenters. The molecule has 0 spiro atoms. The number of thioether (sulfide) groups is 1. The van der Waals surface area contributed by atoms with Gasteiger partial charge in [0.15, 0.2) is 6.29 Å². The molecule has 21 heteroatoms. The summed E-state index contributed by atoms with van der Waals surface area (Å²) in [5.41, 5.74) is 4.78. The number of ether oxygens (including phenoxy) is 9. The lowest BCUT2D eigenvalue weighted by molar-refractivity contribution is -0.326. The molecule has 2 aliphatic carbocycles. The van der Waals surface area contributed by atoms with Gasteiger partial charge in [0.2, 0.25) is 0 Å². The summed E-state index contributed by atoms with van der Waals surface area (Å²) in [6.07, 6.45) is 4.26. The molecular formula is C82H104O18P2S. The second-order valence-electron chi connectivity index (χ2n) is 28.7. The topological polar surface area (TPSA) is 193 Å². The number of rotatable bonds is 28. The average molecular weight is 1470 g/mol. The van der Waals surface area contributed by atoms with Crippen LogP contribution in [0.15, 0.2) is 217 Å². The Labute approximate surface area is 613 Å². The molecule has 6 fully saturated rings. The lowest BCUT2D eigenvalue weighted by atomic mass is 9.96. The van der Waals surface area contributed by atoms with Crippen molar-refractivity contribution >= 4 is 27.4 Å². The number of benzene rings is 7. The van der Waals surface area contributed by atoms with E-state index in [4.69, 9.17) is 74.9 Å². The molecule has 4 saturated heterocycles. The number of aliphatic hydroxyl groups excluding tert-OH is 1. The molecule has 0 aromatic heterocycles. The van der Waals surface area contributed by atoms with Crippen LogP contribution in [0.4, 0.5) is 0 Å². The van der Waals surface area contributed by atoms with E-state index in [1.807, 2.05) is 240 Å². The SMILES string of the molecule is CC1(C)COP(=O)(OC2C(OC3CCCCC3)OC(COCc3ccccc3)C(OCc3ccccc3)C2OCc2ccccc2)OC1.CC1(C)COP(=O)(OC2C(Sc3ccccc3)OC(COCc3ccccc3)C(OCc3ccccc3)C2OCc2ccccc2)OC1.OC1CCCCC1. The molecule has 13 rings (SSSR count).